The van der Waals surface area contributed by atoms with Gasteiger partial charge in [0.25, 0.3) is 5.91 Å². The maximum atomic E-state index is 12.4. The van der Waals surface area contributed by atoms with Gasteiger partial charge < -0.3 is 16.2 Å². The number of carbonyl (C=O) groups is 2. The Morgan fingerprint density at radius 1 is 1.54 bits per heavy atom. The van der Waals surface area contributed by atoms with E-state index in [0.717, 1.165) is 0 Å². The monoisotopic (exact) mass is 384 g/mol. The Hall–Kier alpha value is -3.52. The first-order valence-corrected chi connectivity index (χ1v) is 8.50. The van der Waals surface area contributed by atoms with Gasteiger partial charge in [-0.3, -0.25) is 19.2 Å². The molecule has 3 rings (SSSR count). The van der Waals surface area contributed by atoms with E-state index >= 15 is 0 Å². The number of anilines is 3. The molecule has 1 aliphatic heterocycles. The van der Waals surface area contributed by atoms with Gasteiger partial charge in [0.05, 0.1) is 11.9 Å². The van der Waals surface area contributed by atoms with E-state index in [1.165, 1.54) is 28.0 Å². The van der Waals surface area contributed by atoms with Gasteiger partial charge in [-0.2, -0.15) is 15.3 Å². The fraction of sp³-hybridized carbons (Fsp3) is 0.412. The number of hydrogen-bond donors (Lipinski definition) is 3. The molecule has 0 spiro atoms. The third-order valence-electron chi connectivity index (χ3n) is 4.84. The molecular weight excluding hydrogens is 364 g/mol. The molecule has 11 heteroatoms. The number of aliphatic hydroxyl groups is 1. The smallest absolute Gasteiger partial charge is 0.275 e. The molecule has 0 bridgehead atoms. The Labute approximate surface area is 160 Å². The van der Waals surface area contributed by atoms with Crippen molar-refractivity contribution in [1.29, 1.82) is 5.26 Å². The summed E-state index contributed by atoms with van der Waals surface area (Å²) >= 11 is 0. The number of nitrogens with two attached hydrogens (primary N) is 1. The normalized spacial score (nSPS) is 22.2. The van der Waals surface area contributed by atoms with E-state index in [1.54, 1.807) is 33.0 Å². The highest BCUT2D eigenvalue weighted by Crippen LogP contribution is 2.31. The van der Waals surface area contributed by atoms with Gasteiger partial charge in [0, 0.05) is 24.9 Å². The molecule has 0 radical (unpaired) electrons. The molecule has 2 aromatic rings. The van der Waals surface area contributed by atoms with Crippen molar-refractivity contribution in [3.05, 3.63) is 24.7 Å². The van der Waals surface area contributed by atoms with Gasteiger partial charge in [-0.25, -0.2) is 4.98 Å². The van der Waals surface area contributed by atoms with Crippen LogP contribution in [0.5, 0.6) is 0 Å². The number of primary amides is 1. The number of rotatable bonds is 5. The second kappa shape index (κ2) is 6.58. The fourth-order valence-electron chi connectivity index (χ4n) is 2.76. The van der Waals surface area contributed by atoms with Crippen LogP contribution in [0.15, 0.2) is 24.7 Å². The van der Waals surface area contributed by atoms with Crippen molar-refractivity contribution in [2.45, 2.75) is 31.9 Å². The molecule has 1 aliphatic rings. The Balaban J connectivity index is 1.82. The van der Waals surface area contributed by atoms with Gasteiger partial charge in [0.2, 0.25) is 17.5 Å². The van der Waals surface area contributed by atoms with Crippen LogP contribution in [-0.2, 0) is 15.1 Å². The first-order valence-electron chi connectivity index (χ1n) is 8.50. The van der Waals surface area contributed by atoms with Crippen LogP contribution in [0.2, 0.25) is 0 Å². The van der Waals surface area contributed by atoms with E-state index in [4.69, 9.17) is 11.0 Å². The molecule has 4 N–H and O–H groups in total. The topological polar surface area (TPSA) is 163 Å². The molecule has 1 saturated heterocycles. The van der Waals surface area contributed by atoms with Gasteiger partial charge in [-0.15, -0.1) is 0 Å². The summed E-state index contributed by atoms with van der Waals surface area (Å²) < 4.78 is 1.42. The lowest BCUT2D eigenvalue weighted by atomic mass is 9.94. The van der Waals surface area contributed by atoms with Gasteiger partial charge in [0.15, 0.2) is 0 Å². The number of nitrogens with zero attached hydrogens (tertiary/aromatic N) is 6. The molecular formula is C17H20N8O3. The highest BCUT2D eigenvalue weighted by atomic mass is 16.3. The van der Waals surface area contributed by atoms with E-state index in [2.05, 4.69) is 20.4 Å². The number of carbonyl (C=O) groups excluding carboxylic acids is 2. The highest BCUT2D eigenvalue weighted by Gasteiger charge is 2.52. The summed E-state index contributed by atoms with van der Waals surface area (Å²) in [7, 11) is 0. The summed E-state index contributed by atoms with van der Waals surface area (Å²) in [5.41, 5.74) is 2.82. The lowest BCUT2D eigenvalue weighted by Crippen LogP contribution is -2.41. The molecule has 146 valence electrons. The summed E-state index contributed by atoms with van der Waals surface area (Å²) in [6.45, 7) is 5.06. The number of nitriles is 1. The zero-order valence-corrected chi connectivity index (χ0v) is 15.6. The van der Waals surface area contributed by atoms with E-state index < -0.39 is 28.9 Å². The maximum absolute atomic E-state index is 12.4. The lowest BCUT2D eigenvalue weighted by Gasteiger charge is -2.20. The minimum Gasteiger partial charge on any atom is -0.368 e. The molecule has 2 aromatic heterocycles. The Morgan fingerprint density at radius 3 is 2.86 bits per heavy atom. The summed E-state index contributed by atoms with van der Waals surface area (Å²) in [5.74, 6) is -1.38. The summed E-state index contributed by atoms with van der Waals surface area (Å²) in [4.78, 5) is 33.6. The Bertz CT molecular complexity index is 979. The second-order valence-electron chi connectivity index (χ2n) is 7.16. The van der Waals surface area contributed by atoms with Crippen molar-refractivity contribution in [3.63, 3.8) is 0 Å². The highest BCUT2D eigenvalue weighted by molar-refractivity contribution is 6.03. The van der Waals surface area contributed by atoms with E-state index in [-0.39, 0.29) is 18.3 Å². The molecule has 2 atom stereocenters. The fourth-order valence-corrected chi connectivity index (χ4v) is 2.76. The zero-order chi connectivity index (χ0) is 20.7. The molecule has 0 unspecified atom stereocenters. The Morgan fingerprint density at radius 2 is 2.25 bits per heavy atom. The minimum atomic E-state index is -2.07. The minimum absolute atomic E-state index is 0.157. The second-order valence-corrected chi connectivity index (χ2v) is 7.16. The largest absolute Gasteiger partial charge is 0.368 e. The van der Waals surface area contributed by atoms with Crippen LogP contribution < -0.4 is 16.0 Å². The van der Waals surface area contributed by atoms with Crippen molar-refractivity contribution in [2.24, 2.45) is 11.7 Å². The summed E-state index contributed by atoms with van der Waals surface area (Å²) in [6, 6.07) is 3.19. The third kappa shape index (κ3) is 3.03. The first-order chi connectivity index (χ1) is 13.1. The average molecular weight is 384 g/mol. The molecule has 3 heterocycles. The average Bonchev–Trinajstić information content (AvgIpc) is 3.21. The number of amides is 2. The van der Waals surface area contributed by atoms with Crippen LogP contribution >= 0.6 is 0 Å². The van der Waals surface area contributed by atoms with E-state index in [9.17, 15) is 14.7 Å². The third-order valence-corrected chi connectivity index (χ3v) is 4.84. The number of hydrogen-bond acceptors (Lipinski definition) is 8. The van der Waals surface area contributed by atoms with Crippen molar-refractivity contribution >= 4 is 29.3 Å². The van der Waals surface area contributed by atoms with Gasteiger partial charge >= 0.3 is 0 Å². The molecule has 0 aliphatic carbocycles. The van der Waals surface area contributed by atoms with Crippen LogP contribution in [0.3, 0.4) is 0 Å². The van der Waals surface area contributed by atoms with Crippen LogP contribution in [0, 0.1) is 17.2 Å². The lowest BCUT2D eigenvalue weighted by molar-refractivity contribution is -0.130. The van der Waals surface area contributed by atoms with Crippen molar-refractivity contribution < 1.29 is 14.7 Å². The molecule has 0 saturated carbocycles. The molecule has 11 nitrogen and oxygen atoms in total. The maximum Gasteiger partial charge on any atom is 0.275 e. The van der Waals surface area contributed by atoms with Crippen LogP contribution in [-0.4, -0.2) is 48.8 Å². The SMILES string of the molecule is C[C@@H]1CN(c2ccnc(Nc3cnn(C(C)(C)C(N)=O)c3)n2)C(=O)[C@@]1(O)C#N. The quantitative estimate of drug-likeness (QED) is 0.600. The predicted molar refractivity (Wildman–Crippen MR) is 98.1 cm³/mol. The van der Waals surface area contributed by atoms with E-state index in [1.807, 2.05) is 0 Å². The molecule has 0 aromatic carbocycles. The van der Waals surface area contributed by atoms with Crippen molar-refractivity contribution in [3.8, 4) is 6.07 Å². The van der Waals surface area contributed by atoms with Crippen LogP contribution in [0.1, 0.15) is 20.8 Å². The predicted octanol–water partition coefficient (Wildman–Crippen LogP) is -0.126. The first kappa shape index (κ1) is 19.2. The van der Waals surface area contributed by atoms with Crippen LogP contribution in [0.4, 0.5) is 17.5 Å². The number of aromatic nitrogens is 4. The van der Waals surface area contributed by atoms with Crippen LogP contribution in [0.25, 0.3) is 0 Å². The molecule has 1 fully saturated rings. The number of nitrogens with one attached hydrogen (secondary N) is 1. The van der Waals surface area contributed by atoms with Crippen molar-refractivity contribution in [1.82, 2.24) is 19.7 Å². The van der Waals surface area contributed by atoms with E-state index in [0.29, 0.717) is 5.69 Å². The zero-order valence-electron chi connectivity index (χ0n) is 15.6. The summed E-state index contributed by atoms with van der Waals surface area (Å²) in [5, 5.41) is 26.4. The summed E-state index contributed by atoms with van der Waals surface area (Å²) in [6.07, 6.45) is 4.51. The van der Waals surface area contributed by atoms with Gasteiger partial charge in [0.1, 0.15) is 17.4 Å². The molecule has 28 heavy (non-hydrogen) atoms. The molecule has 2 amide bonds. The standard InChI is InChI=1S/C17H20N8O3/c1-10-7-24(14(27)17(10,28)9-18)12-4-5-20-15(23-12)22-11-6-21-25(8-11)16(2,3)13(19)26/h4-6,8,10,28H,7H2,1-3H3,(H2,19,26)(H,20,22,23)/t10-,17-/m1/s1. The van der Waals surface area contributed by atoms with Gasteiger partial charge in [-0.1, -0.05) is 6.92 Å². The van der Waals surface area contributed by atoms with Gasteiger partial charge in [-0.05, 0) is 19.9 Å². The van der Waals surface area contributed by atoms with Crippen molar-refractivity contribution in [2.75, 3.05) is 16.8 Å². The Kier molecular flexibility index (Phi) is 4.52.